The minimum Gasteiger partial charge on any atom is -0.506 e. The van der Waals surface area contributed by atoms with Gasteiger partial charge in [0.15, 0.2) is 5.75 Å². The van der Waals surface area contributed by atoms with Gasteiger partial charge in [-0.05, 0) is 14.0 Å². The second-order valence-corrected chi connectivity index (χ2v) is 5.65. The molecule has 0 aromatic carbocycles. The van der Waals surface area contributed by atoms with Crippen molar-refractivity contribution >= 4 is 7.60 Å². The fraction of sp³-hybridized carbons (Fsp3) is 0.500. The lowest BCUT2D eigenvalue weighted by Crippen LogP contribution is -2.14. The molecule has 1 heterocycles. The van der Waals surface area contributed by atoms with Crippen LogP contribution in [0.3, 0.4) is 0 Å². The van der Waals surface area contributed by atoms with E-state index in [0.29, 0.717) is 12.2 Å². The van der Waals surface area contributed by atoms with Crippen LogP contribution in [0.1, 0.15) is 11.3 Å². The van der Waals surface area contributed by atoms with Gasteiger partial charge in [-0.2, -0.15) is 0 Å². The highest BCUT2D eigenvalue weighted by molar-refractivity contribution is 7.53. The summed E-state index contributed by atoms with van der Waals surface area (Å²) < 4.78 is 16.7. The second kappa shape index (κ2) is 6.15. The Kier molecular flexibility index (Phi) is 5.10. The summed E-state index contributed by atoms with van der Waals surface area (Å²) >= 11 is 0. The number of hydrogen-bond donors (Lipinski definition) is 4. The Balaban J connectivity index is 2.97. The number of aromatic nitrogens is 1. The van der Waals surface area contributed by atoms with Crippen molar-refractivity contribution in [2.75, 3.05) is 19.8 Å². The van der Waals surface area contributed by atoms with Crippen LogP contribution in [-0.4, -0.2) is 39.8 Å². The van der Waals surface area contributed by atoms with Gasteiger partial charge in [-0.1, -0.05) is 0 Å². The van der Waals surface area contributed by atoms with Gasteiger partial charge in [0.05, 0.1) is 30.2 Å². The Morgan fingerprint density at radius 1 is 1.56 bits per heavy atom. The number of aryl methyl sites for hydroxylation is 1. The van der Waals surface area contributed by atoms with Crippen molar-refractivity contribution in [3.05, 3.63) is 17.5 Å². The number of nitrogens with zero attached hydrogens (tertiary/aromatic N) is 1. The van der Waals surface area contributed by atoms with Crippen LogP contribution < -0.4 is 9.84 Å². The van der Waals surface area contributed by atoms with Gasteiger partial charge in [-0.3, -0.25) is 4.98 Å². The van der Waals surface area contributed by atoms with Crippen LogP contribution in [0.15, 0.2) is 6.20 Å². The summed E-state index contributed by atoms with van der Waals surface area (Å²) in [5.74, 6) is -0.314. The molecule has 0 saturated heterocycles. The molecule has 102 valence electrons. The molecule has 1 rings (SSSR count). The molecule has 0 aliphatic heterocycles. The van der Waals surface area contributed by atoms with Crippen LogP contribution in [0, 0.1) is 6.92 Å². The Morgan fingerprint density at radius 2 is 2.22 bits per heavy atom. The van der Waals surface area contributed by atoms with Gasteiger partial charge in [-0.25, -0.2) is 4.57 Å². The third-order valence-corrected chi connectivity index (χ3v) is 3.62. The van der Waals surface area contributed by atoms with E-state index in [4.69, 9.17) is 9.63 Å². The van der Waals surface area contributed by atoms with Gasteiger partial charge in [0, 0.05) is 6.54 Å². The average Bonchev–Trinajstić information content (AvgIpc) is 2.32. The van der Waals surface area contributed by atoms with Gasteiger partial charge >= 0.3 is 7.60 Å². The monoisotopic (exact) mass is 276 g/mol. The third kappa shape index (κ3) is 3.68. The summed E-state index contributed by atoms with van der Waals surface area (Å²) in [6, 6.07) is 0. The predicted molar refractivity (Wildman–Crippen MR) is 65.8 cm³/mol. The van der Waals surface area contributed by atoms with E-state index >= 15 is 0 Å². The number of pyridine rings is 1. The van der Waals surface area contributed by atoms with E-state index in [2.05, 4.69) is 10.3 Å². The van der Waals surface area contributed by atoms with Gasteiger partial charge in [0.1, 0.15) is 5.75 Å². The molecule has 4 N–H and O–H groups in total. The zero-order valence-electron chi connectivity index (χ0n) is 10.3. The molecule has 0 spiro atoms. The van der Waals surface area contributed by atoms with E-state index in [0.717, 1.165) is 0 Å². The van der Waals surface area contributed by atoms with Crippen LogP contribution in [0.5, 0.6) is 11.5 Å². The van der Waals surface area contributed by atoms with Crippen molar-refractivity contribution in [2.45, 2.75) is 13.5 Å². The lowest BCUT2D eigenvalue weighted by molar-refractivity contribution is 0.269. The molecule has 1 unspecified atom stereocenters. The molecule has 0 radical (unpaired) electrons. The average molecular weight is 276 g/mol. The number of nitrogens with one attached hydrogen (secondary N) is 1. The van der Waals surface area contributed by atoms with E-state index in [1.54, 1.807) is 14.0 Å². The van der Waals surface area contributed by atoms with Crippen molar-refractivity contribution in [3.8, 4) is 11.5 Å². The van der Waals surface area contributed by atoms with Gasteiger partial charge < -0.3 is 24.9 Å². The SMILES string of the molecule is CNCCP(=O)(O)Oc1cnc(C)c(O)c1CO. The lowest BCUT2D eigenvalue weighted by Gasteiger charge is -2.16. The number of rotatable bonds is 6. The molecule has 7 nitrogen and oxygen atoms in total. The summed E-state index contributed by atoms with van der Waals surface area (Å²) in [7, 11) is -2.18. The first kappa shape index (κ1) is 14.9. The molecule has 0 fully saturated rings. The summed E-state index contributed by atoms with van der Waals surface area (Å²) in [6.07, 6.45) is 1.13. The fourth-order valence-corrected chi connectivity index (χ4v) is 2.38. The molecular weight excluding hydrogens is 259 g/mol. The van der Waals surface area contributed by atoms with Crippen molar-refractivity contribution < 1.29 is 24.2 Å². The molecule has 0 bridgehead atoms. The van der Waals surface area contributed by atoms with Crippen LogP contribution in [0.4, 0.5) is 0 Å². The molecule has 1 aromatic heterocycles. The maximum Gasteiger partial charge on any atom is 0.377 e. The topological polar surface area (TPSA) is 112 Å². The maximum atomic E-state index is 11.7. The maximum absolute atomic E-state index is 11.7. The van der Waals surface area contributed by atoms with E-state index < -0.39 is 14.2 Å². The minimum absolute atomic E-state index is 0.0567. The first-order chi connectivity index (χ1) is 8.41. The summed E-state index contributed by atoms with van der Waals surface area (Å²) in [6.45, 7) is 1.36. The third-order valence-electron chi connectivity index (χ3n) is 2.34. The standard InChI is InChI=1S/C10H17N2O5P/c1-7-10(14)8(6-13)9(5-12-7)17-18(15,16)4-3-11-2/h5,11,13-14H,3-4,6H2,1-2H3,(H,15,16). The van der Waals surface area contributed by atoms with E-state index in [-0.39, 0.29) is 23.2 Å². The first-order valence-corrected chi connectivity index (χ1v) is 7.12. The first-order valence-electron chi connectivity index (χ1n) is 5.35. The second-order valence-electron chi connectivity index (χ2n) is 3.75. The van der Waals surface area contributed by atoms with Crippen LogP contribution in [-0.2, 0) is 11.2 Å². The van der Waals surface area contributed by atoms with Gasteiger partial charge in [0.25, 0.3) is 0 Å². The van der Waals surface area contributed by atoms with Crippen molar-refractivity contribution in [2.24, 2.45) is 0 Å². The molecule has 0 saturated carbocycles. The molecule has 0 amide bonds. The molecule has 1 atom stereocenters. The quantitative estimate of drug-likeness (QED) is 0.555. The highest BCUT2D eigenvalue weighted by Gasteiger charge is 2.23. The smallest absolute Gasteiger partial charge is 0.377 e. The molecule has 8 heteroatoms. The summed E-state index contributed by atoms with van der Waals surface area (Å²) in [4.78, 5) is 13.4. The molecule has 18 heavy (non-hydrogen) atoms. The van der Waals surface area contributed by atoms with Crippen LogP contribution >= 0.6 is 7.60 Å². The van der Waals surface area contributed by atoms with Crippen molar-refractivity contribution in [3.63, 3.8) is 0 Å². The molecule has 0 aliphatic rings. The van der Waals surface area contributed by atoms with Crippen LogP contribution in [0.25, 0.3) is 0 Å². The van der Waals surface area contributed by atoms with E-state index in [9.17, 15) is 14.6 Å². The Labute approximate surface area is 105 Å². The minimum atomic E-state index is -3.83. The Morgan fingerprint density at radius 3 is 2.78 bits per heavy atom. The normalized spacial score (nSPS) is 14.2. The zero-order chi connectivity index (χ0) is 13.8. The Hall–Kier alpha value is -1.14. The lowest BCUT2D eigenvalue weighted by atomic mass is 10.2. The van der Waals surface area contributed by atoms with Gasteiger partial charge in [0.2, 0.25) is 0 Å². The molecular formula is C10H17N2O5P. The van der Waals surface area contributed by atoms with E-state index in [1.807, 2.05) is 0 Å². The predicted octanol–water partition coefficient (Wildman–Crippen LogP) is 0.372. The van der Waals surface area contributed by atoms with E-state index in [1.165, 1.54) is 6.20 Å². The highest BCUT2D eigenvalue weighted by Crippen LogP contribution is 2.44. The Bertz CT molecular complexity index is 466. The molecule has 0 aliphatic carbocycles. The van der Waals surface area contributed by atoms with Crippen molar-refractivity contribution in [1.82, 2.24) is 10.3 Å². The largest absolute Gasteiger partial charge is 0.506 e. The van der Waals surface area contributed by atoms with Crippen LogP contribution in [0.2, 0.25) is 0 Å². The summed E-state index contributed by atoms with van der Waals surface area (Å²) in [5.41, 5.74) is 0.371. The van der Waals surface area contributed by atoms with Gasteiger partial charge in [-0.15, -0.1) is 0 Å². The molecule has 1 aromatic rings. The zero-order valence-corrected chi connectivity index (χ0v) is 11.1. The number of hydrogen-bond acceptors (Lipinski definition) is 6. The number of aromatic hydroxyl groups is 1. The highest BCUT2D eigenvalue weighted by atomic mass is 31.2. The fourth-order valence-electron chi connectivity index (χ4n) is 1.31. The summed E-state index contributed by atoms with van der Waals surface area (Å²) in [5, 5.41) is 21.5. The number of aliphatic hydroxyl groups is 1. The number of aliphatic hydroxyl groups excluding tert-OH is 1. The van der Waals surface area contributed by atoms with Crippen molar-refractivity contribution in [1.29, 1.82) is 0 Å².